The van der Waals surface area contributed by atoms with Crippen molar-refractivity contribution in [1.29, 1.82) is 0 Å². The van der Waals surface area contributed by atoms with Crippen LogP contribution in [0.3, 0.4) is 0 Å². The van der Waals surface area contributed by atoms with Crippen LogP contribution >= 0.6 is 0 Å². The van der Waals surface area contributed by atoms with Crippen molar-refractivity contribution in [1.82, 2.24) is 0 Å². The van der Waals surface area contributed by atoms with E-state index in [1.54, 1.807) is 0 Å². The average molecular weight is 535 g/mol. The van der Waals surface area contributed by atoms with Gasteiger partial charge in [0.1, 0.15) is 0 Å². The van der Waals surface area contributed by atoms with Crippen LogP contribution in [0.1, 0.15) is 87.6 Å². The predicted octanol–water partition coefficient (Wildman–Crippen LogP) is 9.76. The molecule has 5 heteroatoms. The van der Waals surface area contributed by atoms with Crippen LogP contribution in [0.4, 0.5) is 0 Å². The Bertz CT molecular complexity index is 731. The number of ether oxygens (including phenoxy) is 1. The molecule has 0 fully saturated rings. The predicted molar refractivity (Wildman–Crippen MR) is 163 cm³/mol. The van der Waals surface area contributed by atoms with E-state index < -0.39 is 16.6 Å². The van der Waals surface area contributed by atoms with Crippen molar-refractivity contribution in [3.8, 4) is 0 Å². The molecule has 1 rings (SSSR count). The first-order valence-electron chi connectivity index (χ1n) is 14.2. The topological polar surface area (TPSA) is 27.7 Å². The lowest BCUT2D eigenvalue weighted by atomic mass is 9.98. The highest BCUT2D eigenvalue weighted by atomic mass is 28.4. The smallest absolute Gasteiger partial charge is 0.200 e. The van der Waals surface area contributed by atoms with Gasteiger partial charge < -0.3 is 13.6 Å². The molecule has 0 aliphatic rings. The summed E-state index contributed by atoms with van der Waals surface area (Å²) >= 11 is 0. The fourth-order valence-electron chi connectivity index (χ4n) is 5.25. The highest BCUT2D eigenvalue weighted by Gasteiger charge is 2.48. The fourth-order valence-corrected chi connectivity index (χ4v) is 12.3. The van der Waals surface area contributed by atoms with Crippen molar-refractivity contribution in [3.63, 3.8) is 0 Å². The van der Waals surface area contributed by atoms with Crippen LogP contribution in [0.25, 0.3) is 0 Å². The molecule has 0 unspecified atom stereocenters. The Hall–Kier alpha value is -0.726. The van der Waals surface area contributed by atoms with Gasteiger partial charge in [0, 0.05) is 12.7 Å². The van der Waals surface area contributed by atoms with Gasteiger partial charge in [0.15, 0.2) is 8.32 Å². The number of rotatable bonds is 16. The molecular formula is C31H58O3Si2. The zero-order valence-corrected chi connectivity index (χ0v) is 27.7. The van der Waals surface area contributed by atoms with Gasteiger partial charge in [-0.2, -0.15) is 0 Å². The van der Waals surface area contributed by atoms with Gasteiger partial charge in [0.2, 0.25) is 8.32 Å². The molecule has 0 amide bonds. The molecule has 0 radical (unpaired) electrons. The first-order chi connectivity index (χ1) is 16.6. The fraction of sp³-hybridized carbons (Fsp3) is 0.742. The summed E-state index contributed by atoms with van der Waals surface area (Å²) in [6, 6.07) is 10.4. The summed E-state index contributed by atoms with van der Waals surface area (Å²) in [5.41, 5.74) is 2.85. The van der Waals surface area contributed by atoms with E-state index >= 15 is 0 Å². The lowest BCUT2D eigenvalue weighted by Crippen LogP contribution is -2.52. The molecule has 36 heavy (non-hydrogen) atoms. The second-order valence-corrected chi connectivity index (χ2v) is 23.3. The Morgan fingerprint density at radius 3 is 1.83 bits per heavy atom. The summed E-state index contributed by atoms with van der Waals surface area (Å²) in [5, 5.41) is 0.156. The Kier molecular flexibility index (Phi) is 13.4. The zero-order chi connectivity index (χ0) is 27.7. The second-order valence-electron chi connectivity index (χ2n) is 13.1. The van der Waals surface area contributed by atoms with E-state index in [1.165, 1.54) is 5.56 Å². The largest absolute Gasteiger partial charge is 0.414 e. The molecule has 0 bridgehead atoms. The van der Waals surface area contributed by atoms with Crippen molar-refractivity contribution >= 4 is 16.6 Å². The lowest BCUT2D eigenvalue weighted by Gasteiger charge is -2.47. The van der Waals surface area contributed by atoms with Crippen molar-refractivity contribution in [3.05, 3.63) is 48.6 Å². The molecule has 0 aromatic heterocycles. The van der Waals surface area contributed by atoms with Crippen LogP contribution in [-0.2, 0) is 20.2 Å². The molecule has 0 N–H and O–H groups in total. The van der Waals surface area contributed by atoms with E-state index in [-0.39, 0.29) is 23.2 Å². The molecule has 3 nitrogen and oxygen atoms in total. The van der Waals surface area contributed by atoms with Crippen LogP contribution in [-0.4, -0.2) is 35.4 Å². The van der Waals surface area contributed by atoms with Crippen LogP contribution in [0.5, 0.6) is 0 Å². The molecule has 208 valence electrons. The normalized spacial score (nSPS) is 16.0. The zero-order valence-electron chi connectivity index (χ0n) is 25.7. The monoisotopic (exact) mass is 534 g/mol. The summed E-state index contributed by atoms with van der Waals surface area (Å²) < 4.78 is 20.5. The maximum atomic E-state index is 7.34. The second kappa shape index (κ2) is 14.4. The Balaban J connectivity index is 3.16. The summed E-state index contributed by atoms with van der Waals surface area (Å²) in [6.07, 6.45) is 4.04. The molecule has 0 aliphatic carbocycles. The summed E-state index contributed by atoms with van der Waals surface area (Å²) in [7, 11) is -3.99. The lowest BCUT2D eigenvalue weighted by molar-refractivity contribution is 0.0389. The minimum Gasteiger partial charge on any atom is -0.414 e. The van der Waals surface area contributed by atoms with Gasteiger partial charge in [0.05, 0.1) is 12.7 Å². The quantitative estimate of drug-likeness (QED) is 0.120. The molecule has 0 spiro atoms. The van der Waals surface area contributed by atoms with Crippen LogP contribution in [0, 0.1) is 5.92 Å². The molecule has 1 aromatic rings. The maximum Gasteiger partial charge on any atom is 0.200 e. The van der Waals surface area contributed by atoms with Crippen molar-refractivity contribution < 1.29 is 13.6 Å². The third kappa shape index (κ3) is 9.23. The van der Waals surface area contributed by atoms with Crippen molar-refractivity contribution in [2.24, 2.45) is 5.92 Å². The first-order valence-corrected chi connectivity index (χ1v) is 19.2. The molecule has 0 saturated carbocycles. The summed E-state index contributed by atoms with van der Waals surface area (Å²) in [6.45, 7) is 33.6. The Morgan fingerprint density at radius 1 is 0.861 bits per heavy atom. The van der Waals surface area contributed by atoms with Gasteiger partial charge in [-0.25, -0.2) is 0 Å². The van der Waals surface area contributed by atoms with E-state index in [9.17, 15) is 0 Å². The van der Waals surface area contributed by atoms with E-state index in [0.29, 0.717) is 29.8 Å². The minimum absolute atomic E-state index is 0.102. The van der Waals surface area contributed by atoms with E-state index in [2.05, 4.69) is 119 Å². The van der Waals surface area contributed by atoms with Gasteiger partial charge in [0.25, 0.3) is 0 Å². The standard InChI is InChI=1S/C31H58O3Si2/c1-14-27(8)30(34-36(24(2)3,25(4)5)26(6)7)22-29(33-35(12,13)31(9,10)11)20-21-32-23-28-18-16-15-17-19-28/h14-19,24-27,29-30H,1,20-23H2,2-13H3/t27-,29+,30-/m1/s1. The van der Waals surface area contributed by atoms with E-state index in [4.69, 9.17) is 13.6 Å². The number of hydrogen-bond acceptors (Lipinski definition) is 3. The highest BCUT2D eigenvalue weighted by molar-refractivity contribution is 6.77. The molecule has 3 atom stereocenters. The maximum absolute atomic E-state index is 7.34. The summed E-state index contributed by atoms with van der Waals surface area (Å²) in [4.78, 5) is 0. The molecule has 0 saturated heterocycles. The number of hydrogen-bond donors (Lipinski definition) is 0. The Labute approximate surface area is 226 Å². The van der Waals surface area contributed by atoms with Gasteiger partial charge in [-0.05, 0) is 59.1 Å². The van der Waals surface area contributed by atoms with E-state index in [1.807, 2.05) is 6.07 Å². The van der Waals surface area contributed by atoms with Gasteiger partial charge in [-0.1, -0.05) is 106 Å². The third-order valence-corrected chi connectivity index (χ3v) is 19.1. The van der Waals surface area contributed by atoms with Crippen LogP contribution in [0.15, 0.2) is 43.0 Å². The molecular weight excluding hydrogens is 477 g/mol. The third-order valence-electron chi connectivity index (χ3n) is 8.48. The van der Waals surface area contributed by atoms with Gasteiger partial charge in [-0.15, -0.1) is 6.58 Å². The van der Waals surface area contributed by atoms with Gasteiger partial charge in [-0.3, -0.25) is 0 Å². The number of benzene rings is 1. The molecule has 1 aromatic carbocycles. The summed E-state index contributed by atoms with van der Waals surface area (Å²) in [5.74, 6) is 0.267. The first kappa shape index (κ1) is 33.3. The van der Waals surface area contributed by atoms with Gasteiger partial charge >= 0.3 is 0 Å². The minimum atomic E-state index is -2.04. The van der Waals surface area contributed by atoms with E-state index in [0.717, 1.165) is 12.8 Å². The van der Waals surface area contributed by atoms with Crippen LogP contribution in [0.2, 0.25) is 34.8 Å². The molecule has 0 aliphatic heterocycles. The SMILES string of the molecule is C=C[C@@H](C)[C@@H](C[C@H](CCOCc1ccccc1)O[Si](C)(C)C(C)(C)C)O[Si](C(C)C)(C(C)C)C(C)C. The van der Waals surface area contributed by atoms with Crippen molar-refractivity contribution in [2.75, 3.05) is 6.61 Å². The molecule has 0 heterocycles. The van der Waals surface area contributed by atoms with Crippen LogP contribution < -0.4 is 0 Å². The highest BCUT2D eigenvalue weighted by Crippen LogP contribution is 2.45. The average Bonchev–Trinajstić information content (AvgIpc) is 2.77. The Morgan fingerprint density at radius 2 is 1.39 bits per heavy atom. The van der Waals surface area contributed by atoms with Crippen molar-refractivity contribution in [2.45, 2.75) is 136 Å².